The molecule has 4 nitrogen and oxygen atoms in total. The van der Waals surface area contributed by atoms with E-state index in [4.69, 9.17) is 0 Å². The van der Waals surface area contributed by atoms with E-state index < -0.39 is 23.8 Å². The molecule has 2 N–H and O–H groups in total. The summed E-state index contributed by atoms with van der Waals surface area (Å²) in [6.07, 6.45) is 1.17. The summed E-state index contributed by atoms with van der Waals surface area (Å²) in [5.41, 5.74) is 1.64. The second-order valence-electron chi connectivity index (χ2n) is 6.17. The molecule has 0 aliphatic rings. The van der Waals surface area contributed by atoms with Gasteiger partial charge in [-0.05, 0) is 48.9 Å². The molecule has 2 aromatic rings. The van der Waals surface area contributed by atoms with Gasteiger partial charge in [-0.25, -0.2) is 4.39 Å². The van der Waals surface area contributed by atoms with Crippen molar-refractivity contribution < 1.29 is 24.2 Å². The molecule has 0 heterocycles. The molecule has 5 heteroatoms. The highest BCUT2D eigenvalue weighted by molar-refractivity contribution is 5.72. The third-order valence-corrected chi connectivity index (χ3v) is 4.28. The van der Waals surface area contributed by atoms with E-state index in [1.54, 1.807) is 12.1 Å². The molecule has 0 radical (unpaired) electrons. The molecule has 0 aliphatic heterocycles. The molecule has 0 spiro atoms. The lowest BCUT2D eigenvalue weighted by molar-refractivity contribution is -0.145. The first-order valence-electron chi connectivity index (χ1n) is 8.19. The van der Waals surface area contributed by atoms with Crippen molar-refractivity contribution in [1.29, 1.82) is 0 Å². The molecule has 0 saturated heterocycles. The predicted molar refractivity (Wildman–Crippen MR) is 91.7 cm³/mol. The topological polar surface area (TPSA) is 74.6 Å². The van der Waals surface area contributed by atoms with Crippen LogP contribution in [0.5, 0.6) is 0 Å². The molecule has 25 heavy (non-hydrogen) atoms. The van der Waals surface area contributed by atoms with Crippen molar-refractivity contribution in [3.63, 3.8) is 0 Å². The number of halogens is 1. The molecule has 2 unspecified atom stereocenters. The summed E-state index contributed by atoms with van der Waals surface area (Å²) >= 11 is 0. The molecule has 2 aromatic carbocycles. The normalized spacial score (nSPS) is 13.2. The van der Waals surface area contributed by atoms with Crippen molar-refractivity contribution in [2.45, 2.75) is 25.7 Å². The molecule has 2 rings (SSSR count). The van der Waals surface area contributed by atoms with E-state index in [0.717, 1.165) is 11.1 Å². The Morgan fingerprint density at radius 2 is 1.20 bits per heavy atom. The Labute approximate surface area is 145 Å². The van der Waals surface area contributed by atoms with Gasteiger partial charge in [-0.15, -0.1) is 0 Å². The van der Waals surface area contributed by atoms with Crippen LogP contribution in [0, 0.1) is 17.7 Å². The van der Waals surface area contributed by atoms with Crippen LogP contribution in [0.1, 0.15) is 24.0 Å². The van der Waals surface area contributed by atoms with Crippen molar-refractivity contribution in [3.8, 4) is 0 Å². The molecule has 0 aromatic heterocycles. The molecule has 0 amide bonds. The maximum Gasteiger partial charge on any atom is 0.306 e. The molecule has 0 aliphatic carbocycles. The number of carboxylic acid groups (broad SMARTS) is 2. The average Bonchev–Trinajstić information content (AvgIpc) is 2.59. The highest BCUT2D eigenvalue weighted by Crippen LogP contribution is 2.21. The Bertz CT molecular complexity index is 697. The quantitative estimate of drug-likeness (QED) is 0.726. The zero-order chi connectivity index (χ0) is 18.2. The summed E-state index contributed by atoms with van der Waals surface area (Å²) in [5, 5.41) is 18.8. The minimum absolute atomic E-state index is 0.257. The Hall–Kier alpha value is -2.69. The van der Waals surface area contributed by atoms with Crippen molar-refractivity contribution in [3.05, 3.63) is 71.5 Å². The van der Waals surface area contributed by atoms with Crippen LogP contribution in [0.2, 0.25) is 0 Å². The highest BCUT2D eigenvalue weighted by Gasteiger charge is 2.24. The summed E-state index contributed by atoms with van der Waals surface area (Å²) < 4.78 is 13.0. The highest BCUT2D eigenvalue weighted by atomic mass is 19.1. The fourth-order valence-electron chi connectivity index (χ4n) is 2.83. The number of rotatable bonds is 9. The molecule has 0 bridgehead atoms. The Morgan fingerprint density at radius 3 is 1.64 bits per heavy atom. The van der Waals surface area contributed by atoms with Crippen LogP contribution >= 0.6 is 0 Å². The molecule has 132 valence electrons. The van der Waals surface area contributed by atoms with Gasteiger partial charge in [0.15, 0.2) is 0 Å². The van der Waals surface area contributed by atoms with E-state index in [0.29, 0.717) is 6.42 Å². The lowest BCUT2D eigenvalue weighted by Gasteiger charge is -2.16. The average molecular weight is 344 g/mol. The minimum Gasteiger partial charge on any atom is -0.481 e. The maximum absolute atomic E-state index is 13.0. The second kappa shape index (κ2) is 8.97. The van der Waals surface area contributed by atoms with Gasteiger partial charge in [-0.3, -0.25) is 9.59 Å². The van der Waals surface area contributed by atoms with Crippen LogP contribution in [0.15, 0.2) is 54.6 Å². The third kappa shape index (κ3) is 6.03. The van der Waals surface area contributed by atoms with E-state index >= 15 is 0 Å². The summed E-state index contributed by atoms with van der Waals surface area (Å²) in [4.78, 5) is 23.0. The SMILES string of the molecule is O=C(O)C(CCC(Cc1ccc(F)cc1)C(=O)O)Cc1ccccc1. The summed E-state index contributed by atoms with van der Waals surface area (Å²) in [5.74, 6) is -3.58. The summed E-state index contributed by atoms with van der Waals surface area (Å²) in [6.45, 7) is 0. The molecule has 0 fully saturated rings. The Balaban J connectivity index is 1.98. The second-order valence-corrected chi connectivity index (χ2v) is 6.17. The third-order valence-electron chi connectivity index (χ3n) is 4.28. The van der Waals surface area contributed by atoms with Crippen molar-refractivity contribution in [2.24, 2.45) is 11.8 Å². The van der Waals surface area contributed by atoms with Gasteiger partial charge in [0, 0.05) is 0 Å². The fourth-order valence-corrected chi connectivity index (χ4v) is 2.83. The largest absolute Gasteiger partial charge is 0.481 e. The van der Waals surface area contributed by atoms with E-state index in [-0.39, 0.29) is 25.1 Å². The first-order valence-corrected chi connectivity index (χ1v) is 8.19. The zero-order valence-corrected chi connectivity index (χ0v) is 13.8. The maximum atomic E-state index is 13.0. The first-order chi connectivity index (χ1) is 12.0. The standard InChI is InChI=1S/C20H21FO4/c21-18-10-6-15(7-11-18)13-17(20(24)25)9-8-16(19(22)23)12-14-4-2-1-3-5-14/h1-7,10-11,16-17H,8-9,12-13H2,(H,22,23)(H,24,25). The minimum atomic E-state index is -0.965. The van der Waals surface area contributed by atoms with Crippen LogP contribution in [0.4, 0.5) is 4.39 Å². The fraction of sp³-hybridized carbons (Fsp3) is 0.300. The lowest BCUT2D eigenvalue weighted by atomic mass is 9.88. The monoisotopic (exact) mass is 344 g/mol. The smallest absolute Gasteiger partial charge is 0.306 e. The van der Waals surface area contributed by atoms with E-state index in [2.05, 4.69) is 0 Å². The Morgan fingerprint density at radius 1 is 0.760 bits per heavy atom. The van der Waals surface area contributed by atoms with Gasteiger partial charge in [-0.2, -0.15) is 0 Å². The predicted octanol–water partition coefficient (Wildman–Crippen LogP) is 3.79. The zero-order valence-electron chi connectivity index (χ0n) is 13.8. The molecule has 2 atom stereocenters. The van der Waals surface area contributed by atoms with Gasteiger partial charge in [0.05, 0.1) is 11.8 Å². The Kier molecular flexibility index (Phi) is 6.69. The number of hydrogen-bond acceptors (Lipinski definition) is 2. The van der Waals surface area contributed by atoms with E-state index in [1.807, 2.05) is 30.3 Å². The lowest BCUT2D eigenvalue weighted by Crippen LogP contribution is -2.22. The number of hydrogen-bond donors (Lipinski definition) is 2. The van der Waals surface area contributed by atoms with Crippen LogP contribution in [0.3, 0.4) is 0 Å². The first kappa shape index (κ1) is 18.6. The summed E-state index contributed by atoms with van der Waals surface area (Å²) in [6, 6.07) is 15.0. The van der Waals surface area contributed by atoms with Gasteiger partial charge in [0.25, 0.3) is 0 Å². The molecular weight excluding hydrogens is 323 g/mol. The van der Waals surface area contributed by atoms with Gasteiger partial charge in [-0.1, -0.05) is 42.5 Å². The number of aliphatic carboxylic acids is 2. The van der Waals surface area contributed by atoms with Crippen LogP contribution in [-0.2, 0) is 22.4 Å². The van der Waals surface area contributed by atoms with Crippen LogP contribution in [0.25, 0.3) is 0 Å². The number of benzene rings is 2. The van der Waals surface area contributed by atoms with E-state index in [1.165, 1.54) is 12.1 Å². The van der Waals surface area contributed by atoms with Crippen molar-refractivity contribution in [2.75, 3.05) is 0 Å². The van der Waals surface area contributed by atoms with E-state index in [9.17, 15) is 24.2 Å². The van der Waals surface area contributed by atoms with Gasteiger partial charge in [0.2, 0.25) is 0 Å². The number of carbonyl (C=O) groups is 2. The van der Waals surface area contributed by atoms with Crippen LogP contribution in [-0.4, -0.2) is 22.2 Å². The van der Waals surface area contributed by atoms with Gasteiger partial charge < -0.3 is 10.2 Å². The van der Waals surface area contributed by atoms with Crippen molar-refractivity contribution in [1.82, 2.24) is 0 Å². The van der Waals surface area contributed by atoms with Crippen LogP contribution < -0.4 is 0 Å². The number of carboxylic acids is 2. The summed E-state index contributed by atoms with van der Waals surface area (Å²) in [7, 11) is 0. The molecular formula is C20H21FO4. The van der Waals surface area contributed by atoms with Crippen molar-refractivity contribution >= 4 is 11.9 Å². The van der Waals surface area contributed by atoms with Gasteiger partial charge >= 0.3 is 11.9 Å². The van der Waals surface area contributed by atoms with Gasteiger partial charge in [0.1, 0.15) is 5.82 Å². The molecule has 0 saturated carbocycles.